The van der Waals surface area contributed by atoms with Crippen molar-refractivity contribution in [3.05, 3.63) is 27.7 Å². The summed E-state index contributed by atoms with van der Waals surface area (Å²) < 4.78 is 0.758. The maximum absolute atomic E-state index is 12.7. The Morgan fingerprint density at radius 1 is 1.35 bits per heavy atom. The maximum atomic E-state index is 12.7. The molecule has 1 fully saturated rings. The van der Waals surface area contributed by atoms with E-state index in [9.17, 15) is 9.59 Å². The molecule has 1 N–H and O–H groups in total. The molecular formula is C14H16BrClN2O2. The van der Waals surface area contributed by atoms with Gasteiger partial charge in [0.1, 0.15) is 12.1 Å². The summed E-state index contributed by atoms with van der Waals surface area (Å²) in [4.78, 5) is 26.1. The molecule has 0 spiro atoms. The maximum Gasteiger partial charge on any atom is 0.253 e. The number of amides is 2. The number of hydrogen-bond donors (Lipinski definition) is 1. The van der Waals surface area contributed by atoms with Crippen molar-refractivity contribution in [1.82, 2.24) is 5.32 Å². The normalized spacial score (nSPS) is 18.1. The van der Waals surface area contributed by atoms with Crippen molar-refractivity contribution >= 4 is 45.0 Å². The molecule has 0 atom stereocenters. The molecule has 0 radical (unpaired) electrons. The fraction of sp³-hybridized carbons (Fsp3) is 0.429. The highest BCUT2D eigenvalue weighted by molar-refractivity contribution is 9.10. The van der Waals surface area contributed by atoms with E-state index in [1.54, 1.807) is 18.2 Å². The van der Waals surface area contributed by atoms with Crippen LogP contribution in [0.4, 0.5) is 5.69 Å². The molecule has 1 aromatic carbocycles. The van der Waals surface area contributed by atoms with E-state index in [0.29, 0.717) is 23.6 Å². The minimum Gasteiger partial charge on any atom is -0.340 e. The minimum absolute atomic E-state index is 0.0263. The minimum atomic E-state index is -0.811. The lowest BCUT2D eigenvalue weighted by molar-refractivity contribution is -0.136. The van der Waals surface area contributed by atoms with Gasteiger partial charge in [-0.1, -0.05) is 25.4 Å². The molecule has 4 nitrogen and oxygen atoms in total. The Balaban J connectivity index is 2.42. The second kappa shape index (κ2) is 5.74. The number of nitrogens with one attached hydrogen (secondary N) is 1. The Morgan fingerprint density at radius 3 is 2.55 bits per heavy atom. The fourth-order valence-corrected chi connectivity index (χ4v) is 2.85. The smallest absolute Gasteiger partial charge is 0.253 e. The lowest BCUT2D eigenvalue weighted by atomic mass is 9.88. The molecule has 0 saturated carbocycles. The van der Waals surface area contributed by atoms with Crippen molar-refractivity contribution in [2.24, 2.45) is 0 Å². The van der Waals surface area contributed by atoms with Crippen LogP contribution in [0.25, 0.3) is 0 Å². The number of nitrogens with zero attached hydrogens (tertiary/aromatic N) is 1. The van der Waals surface area contributed by atoms with Crippen molar-refractivity contribution in [2.75, 3.05) is 11.4 Å². The third-order valence-corrected chi connectivity index (χ3v) is 4.99. The number of rotatable bonds is 3. The standard InChI is InChI=1S/C14H16BrClN2O2/c1-3-14(4-2)13(20)18(8-12(19)17-14)9-5-6-10(15)11(16)7-9/h5-7H,3-4,8H2,1-2H3,(H,17,19). The fourth-order valence-electron chi connectivity index (χ4n) is 2.42. The van der Waals surface area contributed by atoms with Gasteiger partial charge in [0.2, 0.25) is 5.91 Å². The number of carbonyl (C=O) groups is 2. The molecule has 1 aliphatic rings. The molecule has 6 heteroatoms. The zero-order valence-electron chi connectivity index (χ0n) is 11.4. The highest BCUT2D eigenvalue weighted by atomic mass is 79.9. The molecule has 0 aliphatic carbocycles. The van der Waals surface area contributed by atoms with Crippen LogP contribution < -0.4 is 10.2 Å². The van der Waals surface area contributed by atoms with Crippen molar-refractivity contribution in [1.29, 1.82) is 0 Å². The van der Waals surface area contributed by atoms with E-state index >= 15 is 0 Å². The Bertz CT molecular complexity index is 558. The molecule has 0 unspecified atom stereocenters. The van der Waals surface area contributed by atoms with Crippen molar-refractivity contribution in [3.8, 4) is 0 Å². The Hall–Kier alpha value is -1.07. The van der Waals surface area contributed by atoms with E-state index in [2.05, 4.69) is 21.2 Å². The van der Waals surface area contributed by atoms with E-state index in [4.69, 9.17) is 11.6 Å². The molecule has 20 heavy (non-hydrogen) atoms. The number of benzene rings is 1. The summed E-state index contributed by atoms with van der Waals surface area (Å²) in [5.41, 5.74) is -0.168. The van der Waals surface area contributed by atoms with Gasteiger partial charge >= 0.3 is 0 Å². The second-order valence-corrected chi connectivity index (χ2v) is 6.09. The van der Waals surface area contributed by atoms with Crippen LogP contribution >= 0.6 is 27.5 Å². The predicted molar refractivity (Wildman–Crippen MR) is 83.0 cm³/mol. The first kappa shape index (κ1) is 15.3. The summed E-state index contributed by atoms with van der Waals surface area (Å²) in [7, 11) is 0. The molecule has 0 bridgehead atoms. The molecular weight excluding hydrogens is 344 g/mol. The topological polar surface area (TPSA) is 49.4 Å². The molecule has 108 valence electrons. The predicted octanol–water partition coefficient (Wildman–Crippen LogP) is 3.12. The summed E-state index contributed by atoms with van der Waals surface area (Å²) in [6, 6.07) is 5.25. The average molecular weight is 360 g/mol. The van der Waals surface area contributed by atoms with Gasteiger partial charge in [-0.2, -0.15) is 0 Å². The van der Waals surface area contributed by atoms with Gasteiger partial charge in [-0.15, -0.1) is 0 Å². The first-order valence-electron chi connectivity index (χ1n) is 6.51. The second-order valence-electron chi connectivity index (χ2n) is 4.83. The quantitative estimate of drug-likeness (QED) is 0.901. The van der Waals surface area contributed by atoms with Gasteiger partial charge in [-0.3, -0.25) is 9.59 Å². The third kappa shape index (κ3) is 2.56. The van der Waals surface area contributed by atoms with Crippen LogP contribution in [0.3, 0.4) is 0 Å². The first-order valence-corrected chi connectivity index (χ1v) is 7.68. The van der Waals surface area contributed by atoms with Crippen LogP contribution in [-0.4, -0.2) is 23.9 Å². The number of hydrogen-bond acceptors (Lipinski definition) is 2. The molecule has 2 amide bonds. The van der Waals surface area contributed by atoms with E-state index in [-0.39, 0.29) is 18.4 Å². The van der Waals surface area contributed by atoms with Crippen molar-refractivity contribution in [2.45, 2.75) is 32.2 Å². The number of halogens is 2. The van der Waals surface area contributed by atoms with E-state index in [1.807, 2.05) is 13.8 Å². The van der Waals surface area contributed by atoms with Gasteiger partial charge < -0.3 is 10.2 Å². The van der Waals surface area contributed by atoms with Gasteiger partial charge in [0, 0.05) is 10.2 Å². The lowest BCUT2D eigenvalue weighted by Crippen LogP contribution is -2.66. The molecule has 1 aliphatic heterocycles. The summed E-state index contributed by atoms with van der Waals surface area (Å²) in [6.07, 6.45) is 1.13. The average Bonchev–Trinajstić information content (AvgIpc) is 2.44. The zero-order valence-corrected chi connectivity index (χ0v) is 13.7. The molecule has 1 aromatic rings. The number of piperazine rings is 1. The Morgan fingerprint density at radius 2 is 2.00 bits per heavy atom. The van der Waals surface area contributed by atoms with E-state index < -0.39 is 5.54 Å². The van der Waals surface area contributed by atoms with Crippen LogP contribution in [0.5, 0.6) is 0 Å². The van der Waals surface area contributed by atoms with E-state index in [1.165, 1.54) is 4.90 Å². The zero-order chi connectivity index (χ0) is 14.9. The van der Waals surface area contributed by atoms with Gasteiger partial charge in [-0.05, 0) is 47.0 Å². The molecule has 0 aromatic heterocycles. The number of carbonyl (C=O) groups excluding carboxylic acids is 2. The summed E-state index contributed by atoms with van der Waals surface area (Å²) in [5.74, 6) is -0.229. The van der Waals surface area contributed by atoms with Crippen LogP contribution in [0, 0.1) is 0 Å². The van der Waals surface area contributed by atoms with Crippen LogP contribution in [0.15, 0.2) is 22.7 Å². The molecule has 1 saturated heterocycles. The summed E-state index contributed by atoms with van der Waals surface area (Å²) >= 11 is 9.39. The highest BCUT2D eigenvalue weighted by Gasteiger charge is 2.44. The third-order valence-electron chi connectivity index (χ3n) is 3.76. The van der Waals surface area contributed by atoms with Crippen molar-refractivity contribution < 1.29 is 9.59 Å². The molecule has 2 rings (SSSR count). The Kier molecular flexibility index (Phi) is 4.39. The number of anilines is 1. The van der Waals surface area contributed by atoms with Crippen molar-refractivity contribution in [3.63, 3.8) is 0 Å². The van der Waals surface area contributed by atoms with Crippen LogP contribution in [0.2, 0.25) is 5.02 Å². The van der Waals surface area contributed by atoms with Gasteiger partial charge in [0.25, 0.3) is 5.91 Å². The van der Waals surface area contributed by atoms with Crippen LogP contribution in [-0.2, 0) is 9.59 Å². The van der Waals surface area contributed by atoms with E-state index in [0.717, 1.165) is 4.47 Å². The Labute approximate surface area is 131 Å². The van der Waals surface area contributed by atoms with Gasteiger partial charge in [0.15, 0.2) is 0 Å². The molecule has 1 heterocycles. The summed E-state index contributed by atoms with van der Waals surface area (Å²) in [6.45, 7) is 3.83. The summed E-state index contributed by atoms with van der Waals surface area (Å²) in [5, 5.41) is 3.35. The lowest BCUT2D eigenvalue weighted by Gasteiger charge is -2.41. The monoisotopic (exact) mass is 358 g/mol. The van der Waals surface area contributed by atoms with Gasteiger partial charge in [0.05, 0.1) is 5.02 Å². The van der Waals surface area contributed by atoms with Crippen LogP contribution in [0.1, 0.15) is 26.7 Å². The first-order chi connectivity index (χ1) is 9.43. The van der Waals surface area contributed by atoms with Gasteiger partial charge in [-0.25, -0.2) is 0 Å². The largest absolute Gasteiger partial charge is 0.340 e. The highest BCUT2D eigenvalue weighted by Crippen LogP contribution is 2.31. The SMILES string of the molecule is CCC1(CC)NC(=O)CN(c2ccc(Br)c(Cl)c2)C1=O.